The summed E-state index contributed by atoms with van der Waals surface area (Å²) in [4.78, 5) is 0. The average Bonchev–Trinajstić information content (AvgIpc) is 1.50. The van der Waals surface area contributed by atoms with E-state index in [1.807, 2.05) is 0 Å². The molecule has 0 fully saturated rings. The molecule has 4 heavy (non-hydrogen) atoms. The van der Waals surface area contributed by atoms with Crippen LogP contribution in [-0.2, 0) is 43.2 Å². The first-order valence-electron chi connectivity index (χ1n) is 0.333. The van der Waals surface area contributed by atoms with Crippen LogP contribution in [0.25, 0.3) is 0 Å². The third-order valence-corrected chi connectivity index (χ3v) is 0. The van der Waals surface area contributed by atoms with Crippen molar-refractivity contribution in [2.75, 3.05) is 0 Å². The van der Waals surface area contributed by atoms with Gasteiger partial charge in [-0.3, -0.25) is 0 Å². The Balaban J connectivity index is 0. The monoisotopic (exact) mass is 182 g/mol. The Kier molecular flexibility index (Phi) is 99.8. The van der Waals surface area contributed by atoms with E-state index < -0.39 is 0 Å². The van der Waals surface area contributed by atoms with Gasteiger partial charge in [0.1, 0.15) is 0 Å². The van der Waals surface area contributed by atoms with Crippen molar-refractivity contribution in [3.63, 3.8) is 0 Å². The quantitative estimate of drug-likeness (QED) is 0.482. The molecule has 0 saturated heterocycles. The molecule has 0 spiro atoms. The molecule has 0 N–H and O–H groups in total. The van der Waals surface area contributed by atoms with E-state index in [9.17, 15) is 0 Å². The predicted molar refractivity (Wildman–Crippen MR) is 1.37 cm³/mol. The molecular formula is CrMoO2. The van der Waals surface area contributed by atoms with E-state index in [1.165, 1.54) is 16.2 Å². The van der Waals surface area contributed by atoms with Crippen LogP contribution < -0.4 is 0 Å². The molecule has 0 aliphatic carbocycles. The fraction of sp³-hybridized carbons (Fsp3) is 0. The second-order valence-corrected chi connectivity index (χ2v) is 0. The second kappa shape index (κ2) is 45.1. The van der Waals surface area contributed by atoms with Gasteiger partial charge in [0.15, 0.2) is 0 Å². The van der Waals surface area contributed by atoms with Crippen LogP contribution >= 0.6 is 0 Å². The summed E-state index contributed by atoms with van der Waals surface area (Å²) >= 11 is 2.08. The van der Waals surface area contributed by atoms with Crippen LogP contribution in [0.5, 0.6) is 0 Å². The zero-order valence-corrected chi connectivity index (χ0v) is 4.91. The van der Waals surface area contributed by atoms with Crippen molar-refractivity contribution >= 4 is 0 Å². The van der Waals surface area contributed by atoms with Gasteiger partial charge in [0, 0.05) is 0 Å². The van der Waals surface area contributed by atoms with Crippen LogP contribution in [0.2, 0.25) is 0 Å². The molecule has 0 unspecified atom stereocenters. The van der Waals surface area contributed by atoms with Crippen LogP contribution in [0.3, 0.4) is 0 Å². The Hall–Kier alpha value is 0.821. The van der Waals surface area contributed by atoms with Gasteiger partial charge in [-0.15, -0.1) is 0 Å². The zero-order chi connectivity index (χ0) is 4.00. The van der Waals surface area contributed by atoms with Gasteiger partial charge in [-0.2, -0.15) is 0 Å². The molecule has 0 heterocycles. The molecule has 2 nitrogen and oxygen atoms in total. The van der Waals surface area contributed by atoms with E-state index in [-0.39, 0.29) is 0 Å². The fourth-order valence-corrected chi connectivity index (χ4v) is 0. The van der Waals surface area contributed by atoms with Crippen LogP contribution in [0.1, 0.15) is 0 Å². The van der Waals surface area contributed by atoms with Gasteiger partial charge in [-0.05, 0) is 0 Å². The van der Waals surface area contributed by atoms with E-state index in [4.69, 9.17) is 7.20 Å². The molecule has 0 atom stereocenters. The van der Waals surface area contributed by atoms with E-state index in [1.54, 1.807) is 0 Å². The summed E-state index contributed by atoms with van der Waals surface area (Å²) in [7, 11) is 0. The molecular weight excluding hydrogens is 180 g/mol. The Morgan fingerprint density at radius 3 is 1.25 bits per heavy atom. The number of hydrogen-bond donors (Lipinski definition) is 0. The first kappa shape index (κ1) is 8.84. The van der Waals surface area contributed by atoms with E-state index in [0.29, 0.717) is 19.8 Å². The molecule has 0 radical (unpaired) electrons. The van der Waals surface area contributed by atoms with Crippen molar-refractivity contribution in [2.45, 2.75) is 0 Å². The average molecular weight is 180 g/mol. The third-order valence-electron chi connectivity index (χ3n) is 0. The van der Waals surface area contributed by atoms with Crippen LogP contribution in [0.15, 0.2) is 0 Å². The third kappa shape index (κ3) is 13.9. The van der Waals surface area contributed by atoms with E-state index >= 15 is 0 Å². The SMILES string of the molecule is [O]=[Cr].[O]=[Mo]. The fourth-order valence-electron chi connectivity index (χ4n) is 0. The summed E-state index contributed by atoms with van der Waals surface area (Å²) < 4.78 is 16.4. The number of hydrogen-bond acceptors (Lipinski definition) is 2. The predicted octanol–water partition coefficient (Wildman–Crippen LogP) is -0.243. The molecule has 0 aliphatic heterocycles. The zero-order valence-electron chi connectivity index (χ0n) is 1.63. The van der Waals surface area contributed by atoms with Gasteiger partial charge in [0.2, 0.25) is 0 Å². The van der Waals surface area contributed by atoms with Crippen molar-refractivity contribution in [1.82, 2.24) is 0 Å². The van der Waals surface area contributed by atoms with Gasteiger partial charge in [0.25, 0.3) is 0 Å². The van der Waals surface area contributed by atoms with Crippen molar-refractivity contribution in [1.29, 1.82) is 0 Å². The summed E-state index contributed by atoms with van der Waals surface area (Å²) in [6.07, 6.45) is 0. The van der Waals surface area contributed by atoms with E-state index in [0.717, 1.165) is 0 Å². The van der Waals surface area contributed by atoms with Gasteiger partial charge in [-0.1, -0.05) is 0 Å². The Morgan fingerprint density at radius 2 is 1.25 bits per heavy atom. The van der Waals surface area contributed by atoms with E-state index in [2.05, 4.69) is 0 Å². The topological polar surface area (TPSA) is 34.1 Å². The van der Waals surface area contributed by atoms with Gasteiger partial charge in [-0.25, -0.2) is 0 Å². The van der Waals surface area contributed by atoms with Crippen LogP contribution in [-0.4, -0.2) is 0 Å². The van der Waals surface area contributed by atoms with Gasteiger partial charge < -0.3 is 0 Å². The van der Waals surface area contributed by atoms with Crippen LogP contribution in [0.4, 0.5) is 0 Å². The molecule has 0 amide bonds. The molecule has 24 valence electrons. The maximum atomic E-state index is 8.26. The Morgan fingerprint density at radius 1 is 1.25 bits per heavy atom. The van der Waals surface area contributed by atoms with Gasteiger partial charge in [0.05, 0.1) is 0 Å². The van der Waals surface area contributed by atoms with Crippen molar-refractivity contribution in [2.24, 2.45) is 0 Å². The van der Waals surface area contributed by atoms with Crippen LogP contribution in [0, 0.1) is 0 Å². The van der Waals surface area contributed by atoms with Crippen molar-refractivity contribution < 1.29 is 43.2 Å². The maximum absolute atomic E-state index is 8.26. The molecule has 0 saturated carbocycles. The van der Waals surface area contributed by atoms with Crippen molar-refractivity contribution in [3.8, 4) is 0 Å². The minimum atomic E-state index is 0.700. The summed E-state index contributed by atoms with van der Waals surface area (Å²) in [5.74, 6) is 0. The first-order valence-corrected chi connectivity index (χ1v) is 1.67. The number of rotatable bonds is 0. The summed E-state index contributed by atoms with van der Waals surface area (Å²) in [6.45, 7) is 0. The summed E-state index contributed by atoms with van der Waals surface area (Å²) in [5.41, 5.74) is 0. The molecule has 0 bridgehead atoms. The molecule has 0 aromatic heterocycles. The van der Waals surface area contributed by atoms with Crippen molar-refractivity contribution in [3.05, 3.63) is 0 Å². The minimum absolute atomic E-state index is 0.700. The molecule has 0 rings (SSSR count). The molecule has 0 aromatic carbocycles. The Bertz CT molecular complexity index is 8.00. The standard InChI is InChI=1S/Cr.Mo.2O. The first-order chi connectivity index (χ1) is 2.00. The molecule has 4 heteroatoms. The normalized spacial score (nSPS) is 2.00. The second-order valence-electron chi connectivity index (χ2n) is 0. The molecule has 0 aromatic rings. The molecule has 0 aliphatic rings. The van der Waals surface area contributed by atoms with Gasteiger partial charge >= 0.3 is 43.2 Å². The summed E-state index contributed by atoms with van der Waals surface area (Å²) in [5, 5.41) is 0. The Labute approximate surface area is 43.4 Å². The summed E-state index contributed by atoms with van der Waals surface area (Å²) in [6, 6.07) is 0.